The third kappa shape index (κ3) is 2.83. The predicted octanol–water partition coefficient (Wildman–Crippen LogP) is 1.56. The SMILES string of the molecule is Cc1cccc(C(CN)(Cc2cc(C)nn2C)C(=O)O)c1. The van der Waals surface area contributed by atoms with Gasteiger partial charge in [0.2, 0.25) is 0 Å². The van der Waals surface area contributed by atoms with Crippen LogP contribution in [0.15, 0.2) is 30.3 Å². The van der Waals surface area contributed by atoms with Crippen LogP contribution in [-0.2, 0) is 23.7 Å². The van der Waals surface area contributed by atoms with Gasteiger partial charge in [0.15, 0.2) is 0 Å². The second-order valence-corrected chi connectivity index (χ2v) is 5.54. The van der Waals surface area contributed by atoms with Gasteiger partial charge in [-0.1, -0.05) is 29.8 Å². The molecule has 1 unspecified atom stereocenters. The number of carbonyl (C=O) groups is 1. The Bertz CT molecular complexity index is 663. The summed E-state index contributed by atoms with van der Waals surface area (Å²) >= 11 is 0. The molecule has 21 heavy (non-hydrogen) atoms. The number of carboxylic acid groups (broad SMARTS) is 1. The number of carboxylic acids is 1. The van der Waals surface area contributed by atoms with Crippen LogP contribution >= 0.6 is 0 Å². The topological polar surface area (TPSA) is 81.1 Å². The second-order valence-electron chi connectivity index (χ2n) is 5.54. The Hall–Kier alpha value is -2.14. The van der Waals surface area contributed by atoms with E-state index in [0.717, 1.165) is 22.5 Å². The summed E-state index contributed by atoms with van der Waals surface area (Å²) < 4.78 is 1.72. The first-order chi connectivity index (χ1) is 9.89. The van der Waals surface area contributed by atoms with Crippen LogP contribution < -0.4 is 5.73 Å². The van der Waals surface area contributed by atoms with E-state index in [4.69, 9.17) is 5.73 Å². The quantitative estimate of drug-likeness (QED) is 0.874. The third-order valence-electron chi connectivity index (χ3n) is 3.91. The highest BCUT2D eigenvalue weighted by atomic mass is 16.4. The van der Waals surface area contributed by atoms with Crippen molar-refractivity contribution in [3.8, 4) is 0 Å². The highest BCUT2D eigenvalue weighted by molar-refractivity contribution is 5.82. The maximum Gasteiger partial charge on any atom is 0.315 e. The maximum atomic E-state index is 12.0. The number of aliphatic carboxylic acids is 1. The summed E-state index contributed by atoms with van der Waals surface area (Å²) in [6.45, 7) is 3.87. The van der Waals surface area contributed by atoms with E-state index in [1.165, 1.54) is 0 Å². The van der Waals surface area contributed by atoms with Gasteiger partial charge in [0.05, 0.1) is 5.69 Å². The Labute approximate surface area is 124 Å². The van der Waals surface area contributed by atoms with Crippen LogP contribution in [0.5, 0.6) is 0 Å². The molecule has 0 spiro atoms. The van der Waals surface area contributed by atoms with Gasteiger partial charge in [0, 0.05) is 25.7 Å². The summed E-state index contributed by atoms with van der Waals surface area (Å²) in [4.78, 5) is 12.0. The van der Waals surface area contributed by atoms with Crippen LogP contribution in [0.4, 0.5) is 0 Å². The van der Waals surface area contributed by atoms with Crippen molar-refractivity contribution in [1.82, 2.24) is 9.78 Å². The van der Waals surface area contributed by atoms with Gasteiger partial charge >= 0.3 is 5.97 Å². The lowest BCUT2D eigenvalue weighted by Gasteiger charge is -2.28. The summed E-state index contributed by atoms with van der Waals surface area (Å²) in [5.41, 5.74) is 8.24. The molecule has 1 heterocycles. The van der Waals surface area contributed by atoms with E-state index < -0.39 is 11.4 Å². The fourth-order valence-electron chi connectivity index (χ4n) is 2.66. The third-order valence-corrected chi connectivity index (χ3v) is 3.91. The zero-order chi connectivity index (χ0) is 15.6. The van der Waals surface area contributed by atoms with Gasteiger partial charge in [-0.3, -0.25) is 9.48 Å². The van der Waals surface area contributed by atoms with Crippen molar-refractivity contribution >= 4 is 5.97 Å². The normalized spacial score (nSPS) is 13.9. The van der Waals surface area contributed by atoms with Crippen molar-refractivity contribution in [2.45, 2.75) is 25.7 Å². The van der Waals surface area contributed by atoms with Gasteiger partial charge in [-0.2, -0.15) is 5.10 Å². The number of hydrogen-bond acceptors (Lipinski definition) is 3. The Morgan fingerprint density at radius 2 is 2.10 bits per heavy atom. The van der Waals surface area contributed by atoms with Crippen molar-refractivity contribution in [2.75, 3.05) is 6.54 Å². The van der Waals surface area contributed by atoms with Crippen LogP contribution in [0.1, 0.15) is 22.5 Å². The molecule has 2 rings (SSSR count). The smallest absolute Gasteiger partial charge is 0.315 e. The van der Waals surface area contributed by atoms with Crippen molar-refractivity contribution in [2.24, 2.45) is 12.8 Å². The fraction of sp³-hybridized carbons (Fsp3) is 0.375. The van der Waals surface area contributed by atoms with Gasteiger partial charge in [0.1, 0.15) is 5.41 Å². The zero-order valence-electron chi connectivity index (χ0n) is 12.6. The molecule has 1 aromatic carbocycles. The lowest BCUT2D eigenvalue weighted by Crippen LogP contribution is -2.45. The number of nitrogens with zero attached hydrogens (tertiary/aromatic N) is 2. The van der Waals surface area contributed by atoms with E-state index >= 15 is 0 Å². The zero-order valence-corrected chi connectivity index (χ0v) is 12.6. The molecule has 0 radical (unpaired) electrons. The lowest BCUT2D eigenvalue weighted by molar-refractivity contribution is -0.143. The van der Waals surface area contributed by atoms with E-state index in [1.807, 2.05) is 51.2 Å². The Balaban J connectivity index is 2.52. The molecule has 0 aliphatic rings. The molecular formula is C16H21N3O2. The highest BCUT2D eigenvalue weighted by Crippen LogP contribution is 2.29. The lowest BCUT2D eigenvalue weighted by atomic mass is 9.76. The van der Waals surface area contributed by atoms with E-state index in [0.29, 0.717) is 6.42 Å². The average Bonchev–Trinajstić information content (AvgIpc) is 2.73. The molecule has 0 aliphatic carbocycles. The maximum absolute atomic E-state index is 12.0. The molecule has 1 aromatic heterocycles. The van der Waals surface area contributed by atoms with Crippen molar-refractivity contribution in [3.05, 3.63) is 52.8 Å². The first-order valence-corrected chi connectivity index (χ1v) is 6.89. The number of aromatic nitrogens is 2. The number of benzene rings is 1. The van der Waals surface area contributed by atoms with Crippen LogP contribution in [0.3, 0.4) is 0 Å². The Morgan fingerprint density at radius 1 is 1.38 bits per heavy atom. The molecule has 0 bridgehead atoms. The van der Waals surface area contributed by atoms with Gasteiger partial charge in [-0.25, -0.2) is 0 Å². The number of rotatable bonds is 5. The minimum atomic E-state index is -1.13. The van der Waals surface area contributed by atoms with Gasteiger partial charge in [-0.05, 0) is 25.5 Å². The summed E-state index contributed by atoms with van der Waals surface area (Å²) in [6.07, 6.45) is 0.319. The minimum absolute atomic E-state index is 0.0377. The molecule has 0 saturated carbocycles. The van der Waals surface area contributed by atoms with Crippen LogP contribution in [0.25, 0.3) is 0 Å². The van der Waals surface area contributed by atoms with Crippen molar-refractivity contribution < 1.29 is 9.90 Å². The predicted molar refractivity (Wildman–Crippen MR) is 81.2 cm³/mol. The molecule has 0 aliphatic heterocycles. The highest BCUT2D eigenvalue weighted by Gasteiger charge is 2.40. The van der Waals surface area contributed by atoms with E-state index in [9.17, 15) is 9.90 Å². The van der Waals surface area contributed by atoms with Crippen LogP contribution in [0, 0.1) is 13.8 Å². The molecule has 0 fully saturated rings. The van der Waals surface area contributed by atoms with Crippen molar-refractivity contribution in [1.29, 1.82) is 0 Å². The summed E-state index contributed by atoms with van der Waals surface area (Å²) in [5, 5.41) is 14.1. The molecule has 3 N–H and O–H groups in total. The fourth-order valence-corrected chi connectivity index (χ4v) is 2.66. The first kappa shape index (κ1) is 15.3. The molecular weight excluding hydrogens is 266 g/mol. The molecule has 5 heteroatoms. The second kappa shape index (κ2) is 5.69. The van der Waals surface area contributed by atoms with Gasteiger partial charge in [-0.15, -0.1) is 0 Å². The largest absolute Gasteiger partial charge is 0.481 e. The van der Waals surface area contributed by atoms with Gasteiger partial charge < -0.3 is 10.8 Å². The minimum Gasteiger partial charge on any atom is -0.481 e. The molecule has 0 saturated heterocycles. The molecule has 5 nitrogen and oxygen atoms in total. The number of aryl methyl sites for hydroxylation is 3. The summed E-state index contributed by atoms with van der Waals surface area (Å²) in [7, 11) is 1.82. The monoisotopic (exact) mass is 287 g/mol. The van der Waals surface area contributed by atoms with Gasteiger partial charge in [0.25, 0.3) is 0 Å². The molecule has 1 atom stereocenters. The molecule has 0 amide bonds. The Kier molecular flexibility index (Phi) is 4.14. The molecule has 2 aromatic rings. The van der Waals surface area contributed by atoms with Crippen LogP contribution in [-0.4, -0.2) is 27.4 Å². The molecule has 112 valence electrons. The Morgan fingerprint density at radius 3 is 2.57 bits per heavy atom. The number of nitrogens with two attached hydrogens (primary N) is 1. The first-order valence-electron chi connectivity index (χ1n) is 6.89. The summed E-state index contributed by atoms with van der Waals surface area (Å²) in [6, 6.07) is 9.44. The number of hydrogen-bond donors (Lipinski definition) is 2. The van der Waals surface area contributed by atoms with E-state index in [2.05, 4.69) is 5.10 Å². The van der Waals surface area contributed by atoms with E-state index in [-0.39, 0.29) is 6.54 Å². The van der Waals surface area contributed by atoms with E-state index in [1.54, 1.807) is 4.68 Å². The van der Waals surface area contributed by atoms with Crippen LogP contribution in [0.2, 0.25) is 0 Å². The van der Waals surface area contributed by atoms with Crippen molar-refractivity contribution in [3.63, 3.8) is 0 Å². The average molecular weight is 287 g/mol. The summed E-state index contributed by atoms with van der Waals surface area (Å²) in [5.74, 6) is -0.908. The standard InChI is InChI=1S/C16H21N3O2/c1-11-5-4-6-13(7-11)16(10-17,15(20)21)9-14-8-12(2)18-19(14)3/h4-8H,9-10,17H2,1-3H3,(H,20,21).